The zero-order chi connectivity index (χ0) is 21.6. The lowest BCUT2D eigenvalue weighted by molar-refractivity contribution is 0.0976. The summed E-state index contributed by atoms with van der Waals surface area (Å²) in [6, 6.07) is 9.94. The van der Waals surface area contributed by atoms with Crippen LogP contribution in [0, 0.1) is 17.6 Å². The van der Waals surface area contributed by atoms with Gasteiger partial charge < -0.3 is 5.32 Å². The number of Topliss-reactive ketones (excluding diaryl/α,β-unsaturated/α-hetero) is 1. The lowest BCUT2D eigenvalue weighted by atomic mass is 9.91. The second kappa shape index (κ2) is 10.5. The van der Waals surface area contributed by atoms with E-state index in [9.17, 15) is 13.6 Å². The first-order valence-corrected chi connectivity index (χ1v) is 11.6. The van der Waals surface area contributed by atoms with E-state index in [2.05, 4.69) is 22.3 Å². The van der Waals surface area contributed by atoms with E-state index in [0.717, 1.165) is 69.4 Å². The number of piperidine rings is 1. The molecule has 5 heteroatoms. The molecule has 0 unspecified atom stereocenters. The van der Waals surface area contributed by atoms with Crippen molar-refractivity contribution in [3.05, 3.63) is 70.3 Å². The van der Waals surface area contributed by atoms with Crippen molar-refractivity contribution >= 4 is 5.78 Å². The van der Waals surface area contributed by atoms with Crippen molar-refractivity contribution in [2.24, 2.45) is 5.92 Å². The molecule has 2 aliphatic rings. The number of benzene rings is 2. The fourth-order valence-corrected chi connectivity index (χ4v) is 4.86. The minimum atomic E-state index is -0.544. The smallest absolute Gasteiger partial charge is 0.162 e. The van der Waals surface area contributed by atoms with Crippen LogP contribution in [-0.2, 0) is 19.4 Å². The summed E-state index contributed by atoms with van der Waals surface area (Å²) < 4.78 is 27.2. The maximum atomic E-state index is 14.0. The molecule has 1 fully saturated rings. The fourth-order valence-electron chi connectivity index (χ4n) is 4.86. The Balaban J connectivity index is 1.31. The van der Waals surface area contributed by atoms with Gasteiger partial charge in [-0.3, -0.25) is 9.69 Å². The number of ketones is 1. The summed E-state index contributed by atoms with van der Waals surface area (Å²) in [7, 11) is 0. The zero-order valence-electron chi connectivity index (χ0n) is 18.1. The Kier molecular flexibility index (Phi) is 7.46. The van der Waals surface area contributed by atoms with Crippen LogP contribution in [0.15, 0.2) is 36.4 Å². The van der Waals surface area contributed by atoms with E-state index in [1.165, 1.54) is 36.1 Å². The highest BCUT2D eigenvalue weighted by atomic mass is 19.1. The highest BCUT2D eigenvalue weighted by molar-refractivity contribution is 5.96. The third kappa shape index (κ3) is 5.98. The van der Waals surface area contributed by atoms with Crippen LogP contribution < -0.4 is 5.32 Å². The average Bonchev–Trinajstić information content (AvgIpc) is 2.98. The maximum absolute atomic E-state index is 14.0. The molecule has 0 amide bonds. The number of carbonyl (C=O) groups is 1. The van der Waals surface area contributed by atoms with Crippen LogP contribution in [-0.4, -0.2) is 36.9 Å². The predicted octanol–water partition coefficient (Wildman–Crippen LogP) is 4.92. The highest BCUT2D eigenvalue weighted by Crippen LogP contribution is 2.23. The van der Waals surface area contributed by atoms with E-state index in [4.69, 9.17) is 0 Å². The molecule has 1 saturated heterocycles. The van der Waals surface area contributed by atoms with Crippen molar-refractivity contribution in [2.45, 2.75) is 51.5 Å². The van der Waals surface area contributed by atoms with Gasteiger partial charge in [-0.15, -0.1) is 0 Å². The molecule has 0 radical (unpaired) electrons. The monoisotopic (exact) mass is 426 g/mol. The second-order valence-corrected chi connectivity index (χ2v) is 9.00. The quantitative estimate of drug-likeness (QED) is 0.638. The third-order valence-electron chi connectivity index (χ3n) is 6.81. The number of hydrogen-bond acceptors (Lipinski definition) is 3. The van der Waals surface area contributed by atoms with Crippen molar-refractivity contribution < 1.29 is 13.6 Å². The van der Waals surface area contributed by atoms with E-state index in [-0.39, 0.29) is 5.78 Å². The minimum Gasteiger partial charge on any atom is -0.317 e. The molecule has 0 saturated carbocycles. The summed E-state index contributed by atoms with van der Waals surface area (Å²) in [4.78, 5) is 14.9. The molecule has 31 heavy (non-hydrogen) atoms. The lowest BCUT2D eigenvalue weighted by Gasteiger charge is -2.22. The summed E-state index contributed by atoms with van der Waals surface area (Å²) in [5.74, 6) is -0.0270. The molecular formula is C26H32F2N2O. The van der Waals surface area contributed by atoms with Gasteiger partial charge >= 0.3 is 0 Å². The van der Waals surface area contributed by atoms with Gasteiger partial charge in [0.2, 0.25) is 0 Å². The Hall–Kier alpha value is -2.11. The van der Waals surface area contributed by atoms with Gasteiger partial charge in [-0.2, -0.15) is 0 Å². The summed E-state index contributed by atoms with van der Waals surface area (Å²) in [5.41, 5.74) is 3.85. The fraction of sp³-hybridized carbons (Fsp3) is 0.500. The number of nitrogens with zero attached hydrogens (tertiary/aromatic N) is 1. The molecule has 4 rings (SSSR count). The first kappa shape index (κ1) is 22.1. The molecule has 2 aliphatic heterocycles. The summed E-state index contributed by atoms with van der Waals surface area (Å²) in [6.07, 6.45) is 6.91. The molecule has 2 aromatic carbocycles. The van der Waals surface area contributed by atoms with Crippen LogP contribution in [0.2, 0.25) is 0 Å². The Morgan fingerprint density at radius 2 is 1.77 bits per heavy atom. The Bertz CT molecular complexity index is 908. The highest BCUT2D eigenvalue weighted by Gasteiger charge is 2.18. The first-order valence-electron chi connectivity index (χ1n) is 11.6. The average molecular weight is 427 g/mol. The molecule has 166 valence electrons. The molecule has 0 atom stereocenters. The molecule has 2 heterocycles. The van der Waals surface area contributed by atoms with Crippen molar-refractivity contribution in [3.8, 4) is 0 Å². The molecule has 0 aromatic heterocycles. The van der Waals surface area contributed by atoms with Gasteiger partial charge in [0.25, 0.3) is 0 Å². The van der Waals surface area contributed by atoms with Gasteiger partial charge in [0.1, 0.15) is 11.6 Å². The number of nitrogens with one attached hydrogen (secondary N) is 1. The van der Waals surface area contributed by atoms with Crippen molar-refractivity contribution in [1.82, 2.24) is 10.2 Å². The van der Waals surface area contributed by atoms with Crippen LogP contribution in [0.5, 0.6) is 0 Å². The van der Waals surface area contributed by atoms with Gasteiger partial charge in [-0.05, 0) is 80.8 Å². The van der Waals surface area contributed by atoms with E-state index in [1.54, 1.807) is 0 Å². The standard InChI is InChI=1S/C26H32F2N2O/c27-24-7-6-23(25(28)17-24)18-30-14-10-20-4-5-22(16-21(20)11-15-30)26(31)3-1-2-19-8-12-29-13-9-19/h4-7,16-17,19,29H,1-3,8-15,18H2. The third-order valence-corrected chi connectivity index (χ3v) is 6.81. The van der Waals surface area contributed by atoms with Crippen LogP contribution in [0.3, 0.4) is 0 Å². The van der Waals surface area contributed by atoms with E-state index in [0.29, 0.717) is 18.5 Å². The Morgan fingerprint density at radius 1 is 1.00 bits per heavy atom. The number of halogens is 2. The number of fused-ring (bicyclic) bond motifs is 1. The predicted molar refractivity (Wildman–Crippen MR) is 119 cm³/mol. The summed E-state index contributed by atoms with van der Waals surface area (Å²) in [5, 5.41) is 3.39. The topological polar surface area (TPSA) is 32.3 Å². The second-order valence-electron chi connectivity index (χ2n) is 9.00. The lowest BCUT2D eigenvalue weighted by Crippen LogP contribution is -2.27. The Labute approximate surface area is 183 Å². The van der Waals surface area contributed by atoms with Gasteiger partial charge in [-0.1, -0.05) is 18.2 Å². The molecule has 1 N–H and O–H groups in total. The number of rotatable bonds is 7. The van der Waals surface area contributed by atoms with Crippen molar-refractivity contribution in [3.63, 3.8) is 0 Å². The van der Waals surface area contributed by atoms with Crippen LogP contribution in [0.1, 0.15) is 59.2 Å². The SMILES string of the molecule is O=C(CCCC1CCNCC1)c1ccc2c(c1)CCN(Cc1ccc(F)cc1F)CC2. The van der Waals surface area contributed by atoms with E-state index < -0.39 is 11.6 Å². The van der Waals surface area contributed by atoms with Gasteiger partial charge in [0.15, 0.2) is 5.78 Å². The van der Waals surface area contributed by atoms with Gasteiger partial charge in [0, 0.05) is 43.2 Å². The number of carbonyl (C=O) groups excluding carboxylic acids is 1. The zero-order valence-corrected chi connectivity index (χ0v) is 18.1. The van der Waals surface area contributed by atoms with Gasteiger partial charge in [-0.25, -0.2) is 8.78 Å². The molecule has 0 spiro atoms. The van der Waals surface area contributed by atoms with Crippen LogP contribution in [0.4, 0.5) is 8.78 Å². The normalized spacial score (nSPS) is 17.9. The van der Waals surface area contributed by atoms with E-state index >= 15 is 0 Å². The van der Waals surface area contributed by atoms with Crippen LogP contribution in [0.25, 0.3) is 0 Å². The van der Waals surface area contributed by atoms with Crippen molar-refractivity contribution in [2.75, 3.05) is 26.2 Å². The van der Waals surface area contributed by atoms with E-state index in [1.807, 2.05) is 6.07 Å². The largest absolute Gasteiger partial charge is 0.317 e. The Morgan fingerprint density at radius 3 is 2.55 bits per heavy atom. The van der Waals surface area contributed by atoms with Crippen LogP contribution >= 0.6 is 0 Å². The molecule has 2 aromatic rings. The molecule has 0 aliphatic carbocycles. The maximum Gasteiger partial charge on any atom is 0.162 e. The number of hydrogen-bond donors (Lipinski definition) is 1. The molecular weight excluding hydrogens is 394 g/mol. The summed E-state index contributed by atoms with van der Waals surface area (Å²) >= 11 is 0. The van der Waals surface area contributed by atoms with Gasteiger partial charge in [0.05, 0.1) is 0 Å². The minimum absolute atomic E-state index is 0.242. The summed E-state index contributed by atoms with van der Waals surface area (Å²) in [6.45, 7) is 4.32. The molecule has 3 nitrogen and oxygen atoms in total. The molecule has 0 bridgehead atoms. The van der Waals surface area contributed by atoms with Crippen molar-refractivity contribution in [1.29, 1.82) is 0 Å². The first-order chi connectivity index (χ1) is 15.1.